The Balaban J connectivity index is 0.00000200. The fourth-order valence-electron chi connectivity index (χ4n) is 2.33. The molecule has 1 aliphatic heterocycles. The number of rotatable bonds is 3. The van der Waals surface area contributed by atoms with Gasteiger partial charge in [0.15, 0.2) is 0 Å². The molecule has 1 saturated heterocycles. The van der Waals surface area contributed by atoms with Crippen molar-refractivity contribution in [2.24, 2.45) is 5.73 Å². The van der Waals surface area contributed by atoms with E-state index in [2.05, 4.69) is 0 Å². The van der Waals surface area contributed by atoms with Crippen molar-refractivity contribution in [3.63, 3.8) is 0 Å². The monoisotopic (exact) mass is 394 g/mol. The molecule has 6 nitrogen and oxygen atoms in total. The lowest BCUT2D eigenvalue weighted by Crippen LogP contribution is -2.56. The van der Waals surface area contributed by atoms with E-state index in [1.165, 1.54) is 0 Å². The van der Waals surface area contributed by atoms with Gasteiger partial charge in [0.05, 0.1) is 18.6 Å². The Morgan fingerprint density at radius 2 is 1.80 bits per heavy atom. The highest BCUT2D eigenvalue weighted by Gasteiger charge is 2.42. The predicted molar refractivity (Wildman–Crippen MR) is 84.3 cm³/mol. The summed E-state index contributed by atoms with van der Waals surface area (Å²) >= 11 is 0. The largest absolute Gasteiger partial charge is 0.388 e. The molecule has 1 heterocycles. The fourth-order valence-corrected chi connectivity index (χ4v) is 2.33. The smallest absolute Gasteiger partial charge is 0.111 e. The highest BCUT2D eigenvalue weighted by Crippen LogP contribution is 2.29. The van der Waals surface area contributed by atoms with Crippen LogP contribution < -0.4 is 5.73 Å². The van der Waals surface area contributed by atoms with E-state index in [1.807, 2.05) is 6.07 Å². The maximum atomic E-state index is 10.0. The van der Waals surface area contributed by atoms with Gasteiger partial charge in [-0.2, -0.15) is 0 Å². The summed E-state index contributed by atoms with van der Waals surface area (Å²) in [5.74, 6) is -0.808. The van der Waals surface area contributed by atoms with Gasteiger partial charge in [-0.3, -0.25) is 5.41 Å². The van der Waals surface area contributed by atoms with Gasteiger partial charge >= 0.3 is 0 Å². The Morgan fingerprint density at radius 1 is 1.20 bits per heavy atom. The molecule has 0 aromatic heterocycles. The van der Waals surface area contributed by atoms with Crippen LogP contribution in [0, 0.1) is 5.41 Å². The van der Waals surface area contributed by atoms with Gasteiger partial charge in [-0.25, -0.2) is 0 Å². The second kappa shape index (κ2) is 7.32. The number of aliphatic hydroxyl groups excluding tert-OH is 3. The Morgan fingerprint density at radius 3 is 2.35 bits per heavy atom. The Bertz CT molecular complexity index is 445. The maximum Gasteiger partial charge on any atom is 0.111 e. The minimum atomic E-state index is -1.30. The highest BCUT2D eigenvalue weighted by molar-refractivity contribution is 14.0. The SMILES string of the molecule is I.N=C(N)C(c1ccccc1)[C@H]1OC[C@@H](O)[C@H](O)[C@H]1O. The van der Waals surface area contributed by atoms with Crippen LogP contribution in [-0.4, -0.2) is 52.2 Å². The molecule has 0 saturated carbocycles. The van der Waals surface area contributed by atoms with Crippen LogP contribution in [0.5, 0.6) is 0 Å². The first kappa shape index (κ1) is 17.3. The van der Waals surface area contributed by atoms with E-state index in [0.717, 1.165) is 5.56 Å². The van der Waals surface area contributed by atoms with Crippen LogP contribution in [0.25, 0.3) is 0 Å². The minimum Gasteiger partial charge on any atom is -0.388 e. The van der Waals surface area contributed by atoms with Crippen molar-refractivity contribution in [2.45, 2.75) is 30.3 Å². The molecule has 1 aliphatic rings. The highest BCUT2D eigenvalue weighted by atomic mass is 127. The van der Waals surface area contributed by atoms with Gasteiger partial charge in [-0.1, -0.05) is 30.3 Å². The Hall–Kier alpha value is -0.740. The van der Waals surface area contributed by atoms with Crippen LogP contribution in [0.4, 0.5) is 0 Å². The maximum absolute atomic E-state index is 10.0. The van der Waals surface area contributed by atoms with Crippen molar-refractivity contribution in [3.05, 3.63) is 35.9 Å². The first-order valence-electron chi connectivity index (χ1n) is 6.07. The molecule has 5 atom stereocenters. The van der Waals surface area contributed by atoms with Crippen molar-refractivity contribution in [2.75, 3.05) is 6.61 Å². The van der Waals surface area contributed by atoms with Crippen molar-refractivity contribution in [1.82, 2.24) is 0 Å². The fraction of sp³-hybridized carbons (Fsp3) is 0.462. The van der Waals surface area contributed by atoms with E-state index in [9.17, 15) is 15.3 Å². The first-order chi connectivity index (χ1) is 9.02. The van der Waals surface area contributed by atoms with Crippen molar-refractivity contribution < 1.29 is 20.1 Å². The zero-order valence-electron chi connectivity index (χ0n) is 10.7. The molecule has 2 rings (SSSR count). The topological polar surface area (TPSA) is 120 Å². The number of hydrogen-bond acceptors (Lipinski definition) is 5. The first-order valence-corrected chi connectivity index (χ1v) is 6.07. The van der Waals surface area contributed by atoms with Gasteiger partial charge < -0.3 is 25.8 Å². The predicted octanol–water partition coefficient (Wildman–Crippen LogP) is -0.194. The summed E-state index contributed by atoms with van der Waals surface area (Å²) in [5, 5.41) is 36.8. The normalized spacial score (nSPS) is 31.1. The summed E-state index contributed by atoms with van der Waals surface area (Å²) in [5.41, 5.74) is 6.31. The molecule has 1 aromatic carbocycles. The van der Waals surface area contributed by atoms with Gasteiger partial charge in [0, 0.05) is 0 Å². The second-order valence-corrected chi connectivity index (χ2v) is 4.69. The molecule has 7 heteroatoms. The average molecular weight is 394 g/mol. The number of amidine groups is 1. The van der Waals surface area contributed by atoms with Crippen LogP contribution in [0.2, 0.25) is 0 Å². The van der Waals surface area contributed by atoms with Gasteiger partial charge in [0.2, 0.25) is 0 Å². The van der Waals surface area contributed by atoms with E-state index in [-0.39, 0.29) is 36.4 Å². The van der Waals surface area contributed by atoms with Crippen LogP contribution in [0.15, 0.2) is 30.3 Å². The van der Waals surface area contributed by atoms with E-state index in [0.29, 0.717) is 0 Å². The average Bonchev–Trinajstić information content (AvgIpc) is 2.40. The summed E-state index contributed by atoms with van der Waals surface area (Å²) in [6, 6.07) is 8.98. The molecule has 0 radical (unpaired) electrons. The van der Waals surface area contributed by atoms with Gasteiger partial charge in [0.25, 0.3) is 0 Å². The number of nitrogens with two attached hydrogens (primary N) is 1. The van der Waals surface area contributed by atoms with Crippen molar-refractivity contribution in [3.8, 4) is 0 Å². The standard InChI is InChI=1S/C13H18N2O4.HI/c14-13(15)9(7-4-2-1-3-5-7)12-11(18)10(17)8(16)6-19-12;/h1-5,8-12,16-18H,6H2,(H3,14,15);1H/t8-,9?,10+,11-,12-;/m1./s1. The number of benzene rings is 1. The molecule has 6 N–H and O–H groups in total. The summed E-state index contributed by atoms with van der Waals surface area (Å²) in [6.45, 7) is -0.0977. The van der Waals surface area contributed by atoms with E-state index >= 15 is 0 Å². The Labute approximate surface area is 134 Å². The summed E-state index contributed by atoms with van der Waals surface area (Å²) in [4.78, 5) is 0. The van der Waals surface area contributed by atoms with Gasteiger partial charge in [-0.15, -0.1) is 24.0 Å². The second-order valence-electron chi connectivity index (χ2n) is 4.69. The number of hydrogen-bond donors (Lipinski definition) is 5. The lowest BCUT2D eigenvalue weighted by atomic mass is 9.85. The van der Waals surface area contributed by atoms with E-state index in [1.54, 1.807) is 24.3 Å². The van der Waals surface area contributed by atoms with Crippen LogP contribution >= 0.6 is 24.0 Å². The molecule has 1 fully saturated rings. The van der Waals surface area contributed by atoms with Gasteiger partial charge in [-0.05, 0) is 5.56 Å². The third-order valence-corrected chi connectivity index (χ3v) is 3.36. The minimum absolute atomic E-state index is 0. The number of nitrogens with one attached hydrogen (secondary N) is 1. The van der Waals surface area contributed by atoms with Crippen molar-refractivity contribution >= 4 is 29.8 Å². The summed E-state index contributed by atoms with van der Waals surface area (Å²) in [6.07, 6.45) is -4.57. The Kier molecular flexibility index (Phi) is 6.34. The quantitative estimate of drug-likeness (QED) is 0.277. The molecule has 0 amide bonds. The molecule has 112 valence electrons. The number of halogens is 1. The zero-order chi connectivity index (χ0) is 14.0. The van der Waals surface area contributed by atoms with E-state index in [4.69, 9.17) is 15.9 Å². The molecule has 0 spiro atoms. The molecule has 1 unspecified atom stereocenters. The van der Waals surface area contributed by atoms with Crippen LogP contribution in [0.1, 0.15) is 11.5 Å². The van der Waals surface area contributed by atoms with Gasteiger partial charge in [0.1, 0.15) is 24.1 Å². The number of aliphatic hydroxyl groups is 3. The van der Waals surface area contributed by atoms with Crippen LogP contribution in [-0.2, 0) is 4.74 Å². The molecule has 0 bridgehead atoms. The molecular formula is C13H19IN2O4. The lowest BCUT2D eigenvalue weighted by Gasteiger charge is -2.39. The molecule has 1 aromatic rings. The summed E-state index contributed by atoms with van der Waals surface area (Å²) in [7, 11) is 0. The third-order valence-electron chi connectivity index (χ3n) is 3.36. The summed E-state index contributed by atoms with van der Waals surface area (Å²) < 4.78 is 5.37. The van der Waals surface area contributed by atoms with Crippen molar-refractivity contribution in [1.29, 1.82) is 5.41 Å². The number of ether oxygens (including phenoxy) is 1. The van der Waals surface area contributed by atoms with E-state index < -0.39 is 30.3 Å². The molecular weight excluding hydrogens is 375 g/mol. The molecule has 20 heavy (non-hydrogen) atoms. The van der Waals surface area contributed by atoms with Crippen LogP contribution in [0.3, 0.4) is 0 Å². The zero-order valence-corrected chi connectivity index (χ0v) is 13.0. The lowest BCUT2D eigenvalue weighted by molar-refractivity contribution is -0.188. The third kappa shape index (κ3) is 3.47. The molecule has 0 aliphatic carbocycles.